The van der Waals surface area contributed by atoms with Gasteiger partial charge in [-0.15, -0.1) is 0 Å². The summed E-state index contributed by atoms with van der Waals surface area (Å²) < 4.78 is 0. The second-order valence-electron chi connectivity index (χ2n) is 4.78. The lowest BCUT2D eigenvalue weighted by molar-refractivity contribution is 0.0922. The van der Waals surface area contributed by atoms with E-state index in [4.69, 9.17) is 5.73 Å². The molecule has 1 heterocycles. The molecular weight excluding hydrogens is 230 g/mol. The highest BCUT2D eigenvalue weighted by atomic mass is 16.2. The van der Waals surface area contributed by atoms with Gasteiger partial charge in [-0.05, 0) is 18.8 Å². The normalized spacial score (nSPS) is 17.6. The number of carbonyl (C=O) groups excluding carboxylic acids is 1. The van der Waals surface area contributed by atoms with Crippen LogP contribution >= 0.6 is 0 Å². The Labute approximate surface area is 106 Å². The molecule has 5 nitrogen and oxygen atoms in total. The Kier molecular flexibility index (Phi) is 4.15. The fourth-order valence-electron chi connectivity index (χ4n) is 2.57. The SMILES string of the molecule is NCC(NC(=O)c1c[nH]ccc1=O)C1CCCC1. The van der Waals surface area contributed by atoms with Gasteiger partial charge >= 0.3 is 0 Å². The maximum atomic E-state index is 12.0. The van der Waals surface area contributed by atoms with Crippen molar-refractivity contribution in [3.8, 4) is 0 Å². The van der Waals surface area contributed by atoms with Crippen molar-refractivity contribution in [3.05, 3.63) is 34.2 Å². The molecule has 1 aliphatic carbocycles. The minimum absolute atomic E-state index is 0.0281. The van der Waals surface area contributed by atoms with Crippen molar-refractivity contribution in [2.24, 2.45) is 11.7 Å². The van der Waals surface area contributed by atoms with E-state index in [0.29, 0.717) is 12.5 Å². The third-order valence-corrected chi connectivity index (χ3v) is 3.61. The van der Waals surface area contributed by atoms with Gasteiger partial charge in [0.1, 0.15) is 5.56 Å². The van der Waals surface area contributed by atoms with Crippen LogP contribution in [-0.2, 0) is 0 Å². The van der Waals surface area contributed by atoms with E-state index >= 15 is 0 Å². The standard InChI is InChI=1S/C13H19N3O2/c14-7-11(9-3-1-2-4-9)16-13(18)10-8-15-6-5-12(10)17/h5-6,8-9,11H,1-4,7,14H2,(H,15,17)(H,16,18). The Morgan fingerprint density at radius 2 is 2.22 bits per heavy atom. The fourth-order valence-corrected chi connectivity index (χ4v) is 2.57. The third-order valence-electron chi connectivity index (χ3n) is 3.61. The van der Waals surface area contributed by atoms with Gasteiger partial charge in [-0.2, -0.15) is 0 Å². The molecule has 18 heavy (non-hydrogen) atoms. The zero-order valence-corrected chi connectivity index (χ0v) is 10.3. The predicted octanol–water partition coefficient (Wildman–Crippen LogP) is 0.622. The molecule has 0 radical (unpaired) electrons. The van der Waals surface area contributed by atoms with E-state index in [0.717, 1.165) is 12.8 Å². The molecule has 2 rings (SSSR count). The van der Waals surface area contributed by atoms with Crippen LogP contribution in [0.3, 0.4) is 0 Å². The molecule has 1 amide bonds. The molecule has 1 saturated carbocycles. The lowest BCUT2D eigenvalue weighted by Crippen LogP contribution is -2.45. The van der Waals surface area contributed by atoms with Gasteiger partial charge in [0.2, 0.25) is 0 Å². The molecular formula is C13H19N3O2. The van der Waals surface area contributed by atoms with Crippen LogP contribution < -0.4 is 16.5 Å². The topological polar surface area (TPSA) is 88.0 Å². The van der Waals surface area contributed by atoms with Crippen LogP contribution in [0, 0.1) is 5.92 Å². The molecule has 1 aromatic rings. The molecule has 0 spiro atoms. The van der Waals surface area contributed by atoms with Gasteiger partial charge in [-0.3, -0.25) is 9.59 Å². The highest BCUT2D eigenvalue weighted by molar-refractivity contribution is 5.93. The first-order chi connectivity index (χ1) is 8.72. The van der Waals surface area contributed by atoms with Gasteiger partial charge in [0.05, 0.1) is 0 Å². The number of carbonyl (C=O) groups is 1. The number of hydrogen-bond acceptors (Lipinski definition) is 3. The number of amides is 1. The van der Waals surface area contributed by atoms with Crippen molar-refractivity contribution in [1.82, 2.24) is 10.3 Å². The fraction of sp³-hybridized carbons (Fsp3) is 0.538. The lowest BCUT2D eigenvalue weighted by Gasteiger charge is -2.22. The van der Waals surface area contributed by atoms with Gasteiger partial charge in [0.25, 0.3) is 5.91 Å². The first-order valence-electron chi connectivity index (χ1n) is 6.40. The number of H-pyrrole nitrogens is 1. The van der Waals surface area contributed by atoms with Crippen molar-refractivity contribution >= 4 is 5.91 Å². The summed E-state index contributed by atoms with van der Waals surface area (Å²) in [5, 5.41) is 2.88. The average Bonchev–Trinajstić information content (AvgIpc) is 2.90. The highest BCUT2D eigenvalue weighted by Gasteiger charge is 2.26. The Morgan fingerprint density at radius 3 is 2.83 bits per heavy atom. The first kappa shape index (κ1) is 12.8. The Bertz CT molecular complexity index is 463. The van der Waals surface area contributed by atoms with Crippen molar-refractivity contribution in [1.29, 1.82) is 0 Å². The first-order valence-corrected chi connectivity index (χ1v) is 6.40. The monoisotopic (exact) mass is 249 g/mol. The minimum Gasteiger partial charge on any atom is -0.367 e. The van der Waals surface area contributed by atoms with Crippen molar-refractivity contribution in [2.75, 3.05) is 6.54 Å². The second kappa shape index (κ2) is 5.82. The van der Waals surface area contributed by atoms with Crippen LogP contribution in [0.2, 0.25) is 0 Å². The van der Waals surface area contributed by atoms with Crippen LogP contribution in [0.15, 0.2) is 23.3 Å². The Morgan fingerprint density at radius 1 is 1.50 bits per heavy atom. The highest BCUT2D eigenvalue weighted by Crippen LogP contribution is 2.27. The van der Waals surface area contributed by atoms with E-state index < -0.39 is 0 Å². The molecule has 1 atom stereocenters. The molecule has 5 heteroatoms. The summed E-state index contributed by atoms with van der Waals surface area (Å²) in [6, 6.07) is 1.32. The molecule has 1 aromatic heterocycles. The van der Waals surface area contributed by atoms with Crippen molar-refractivity contribution in [3.63, 3.8) is 0 Å². The zero-order valence-electron chi connectivity index (χ0n) is 10.3. The van der Waals surface area contributed by atoms with Crippen LogP contribution in [-0.4, -0.2) is 23.5 Å². The molecule has 4 N–H and O–H groups in total. The summed E-state index contributed by atoms with van der Waals surface area (Å²) in [6.07, 6.45) is 7.54. The molecule has 0 aromatic carbocycles. The average molecular weight is 249 g/mol. The van der Waals surface area contributed by atoms with Crippen LogP contribution in [0.4, 0.5) is 0 Å². The molecule has 1 fully saturated rings. The van der Waals surface area contributed by atoms with E-state index in [-0.39, 0.29) is 22.9 Å². The van der Waals surface area contributed by atoms with Gasteiger partial charge in [-0.25, -0.2) is 0 Å². The predicted molar refractivity (Wildman–Crippen MR) is 69.3 cm³/mol. The van der Waals surface area contributed by atoms with Crippen LogP contribution in [0.5, 0.6) is 0 Å². The third kappa shape index (κ3) is 2.79. The quantitative estimate of drug-likeness (QED) is 0.731. The number of hydrogen-bond donors (Lipinski definition) is 3. The van der Waals surface area contributed by atoms with E-state index in [2.05, 4.69) is 10.3 Å². The molecule has 0 bridgehead atoms. The summed E-state index contributed by atoms with van der Waals surface area (Å²) in [4.78, 5) is 26.3. The largest absolute Gasteiger partial charge is 0.367 e. The number of aromatic nitrogens is 1. The number of nitrogens with one attached hydrogen (secondary N) is 2. The summed E-state index contributed by atoms with van der Waals surface area (Å²) in [5.41, 5.74) is 5.59. The number of pyridine rings is 1. The van der Waals surface area contributed by atoms with Gasteiger partial charge < -0.3 is 16.0 Å². The smallest absolute Gasteiger partial charge is 0.257 e. The zero-order chi connectivity index (χ0) is 13.0. The van der Waals surface area contributed by atoms with E-state index in [1.54, 1.807) is 0 Å². The molecule has 98 valence electrons. The number of rotatable bonds is 4. The summed E-state index contributed by atoms with van der Waals surface area (Å²) in [6.45, 7) is 0.418. The molecule has 1 unspecified atom stereocenters. The van der Waals surface area contributed by atoms with Gasteiger partial charge in [0, 0.05) is 31.0 Å². The Hall–Kier alpha value is -1.62. The molecule has 1 aliphatic rings. The summed E-state index contributed by atoms with van der Waals surface area (Å²) in [7, 11) is 0. The maximum Gasteiger partial charge on any atom is 0.257 e. The van der Waals surface area contributed by atoms with E-state index in [1.165, 1.54) is 31.3 Å². The van der Waals surface area contributed by atoms with Crippen LogP contribution in [0.25, 0.3) is 0 Å². The molecule has 0 aliphatic heterocycles. The van der Waals surface area contributed by atoms with Gasteiger partial charge in [-0.1, -0.05) is 12.8 Å². The summed E-state index contributed by atoms with van der Waals surface area (Å²) >= 11 is 0. The summed E-state index contributed by atoms with van der Waals surface area (Å²) in [5.74, 6) is 0.112. The molecule has 0 saturated heterocycles. The Balaban J connectivity index is 2.05. The number of aromatic amines is 1. The van der Waals surface area contributed by atoms with Crippen molar-refractivity contribution in [2.45, 2.75) is 31.7 Å². The van der Waals surface area contributed by atoms with E-state index in [1.807, 2.05) is 0 Å². The lowest BCUT2D eigenvalue weighted by atomic mass is 9.98. The van der Waals surface area contributed by atoms with E-state index in [9.17, 15) is 9.59 Å². The second-order valence-corrected chi connectivity index (χ2v) is 4.78. The van der Waals surface area contributed by atoms with Gasteiger partial charge in [0.15, 0.2) is 5.43 Å². The minimum atomic E-state index is -0.334. The maximum absolute atomic E-state index is 12.0. The van der Waals surface area contributed by atoms with Crippen LogP contribution in [0.1, 0.15) is 36.0 Å². The number of nitrogens with two attached hydrogens (primary N) is 1. The van der Waals surface area contributed by atoms with Crippen molar-refractivity contribution < 1.29 is 4.79 Å².